The number of nitro groups is 1. The monoisotopic (exact) mass is 292 g/mol. The minimum Gasteiger partial charge on any atom is -0.375 e. The first-order valence-electron chi connectivity index (χ1n) is 7.05. The number of carbonyl (C=O) groups is 1. The lowest BCUT2D eigenvalue weighted by Gasteiger charge is -2.30. The number of nitrogens with two attached hydrogens (primary N) is 1. The Bertz CT molecular complexity index is 547. The average Bonchev–Trinajstić information content (AvgIpc) is 2.49. The van der Waals surface area contributed by atoms with Gasteiger partial charge >= 0.3 is 0 Å². The number of rotatable bonds is 4. The summed E-state index contributed by atoms with van der Waals surface area (Å²) in [6, 6.07) is 4.46. The molecule has 7 nitrogen and oxygen atoms in total. The Kier molecular flexibility index (Phi) is 4.74. The van der Waals surface area contributed by atoms with Crippen LogP contribution >= 0.6 is 0 Å². The molecule has 1 aromatic carbocycles. The first-order valence-corrected chi connectivity index (χ1v) is 7.05. The van der Waals surface area contributed by atoms with Crippen LogP contribution in [0.15, 0.2) is 18.2 Å². The van der Waals surface area contributed by atoms with E-state index in [9.17, 15) is 14.9 Å². The van der Waals surface area contributed by atoms with Crippen molar-refractivity contribution in [3.8, 4) is 0 Å². The molecule has 2 atom stereocenters. The number of benzene rings is 1. The summed E-state index contributed by atoms with van der Waals surface area (Å²) in [6.07, 6.45) is 3.98. The SMILES string of the molecule is CNC(=O)c1ccc(N[C@@H]2CCCC[C@H]2N)c([N+](=O)[O-])c1. The molecule has 1 fully saturated rings. The van der Waals surface area contributed by atoms with E-state index in [2.05, 4.69) is 10.6 Å². The fraction of sp³-hybridized carbons (Fsp3) is 0.500. The molecule has 1 saturated carbocycles. The third kappa shape index (κ3) is 3.49. The van der Waals surface area contributed by atoms with Gasteiger partial charge in [0.25, 0.3) is 11.6 Å². The second-order valence-electron chi connectivity index (χ2n) is 5.27. The zero-order valence-corrected chi connectivity index (χ0v) is 12.0. The molecule has 0 spiro atoms. The van der Waals surface area contributed by atoms with E-state index in [4.69, 9.17) is 5.73 Å². The number of hydrogen-bond acceptors (Lipinski definition) is 5. The van der Waals surface area contributed by atoms with Crippen LogP contribution in [0, 0.1) is 10.1 Å². The Balaban J connectivity index is 2.26. The second kappa shape index (κ2) is 6.53. The van der Waals surface area contributed by atoms with Crippen molar-refractivity contribution in [2.24, 2.45) is 5.73 Å². The van der Waals surface area contributed by atoms with Crippen LogP contribution in [0.3, 0.4) is 0 Å². The van der Waals surface area contributed by atoms with Gasteiger partial charge in [-0.1, -0.05) is 12.8 Å². The van der Waals surface area contributed by atoms with Crippen LogP contribution in [-0.2, 0) is 0 Å². The van der Waals surface area contributed by atoms with Gasteiger partial charge in [-0.3, -0.25) is 14.9 Å². The van der Waals surface area contributed by atoms with E-state index < -0.39 is 4.92 Å². The van der Waals surface area contributed by atoms with Crippen molar-refractivity contribution in [2.45, 2.75) is 37.8 Å². The smallest absolute Gasteiger partial charge is 0.293 e. The number of anilines is 1. The summed E-state index contributed by atoms with van der Waals surface area (Å²) in [5.41, 5.74) is 6.63. The van der Waals surface area contributed by atoms with E-state index in [0.717, 1.165) is 25.7 Å². The summed E-state index contributed by atoms with van der Waals surface area (Å²) in [6.45, 7) is 0. The largest absolute Gasteiger partial charge is 0.375 e. The standard InChI is InChI=1S/C14H20N4O3/c1-16-14(19)9-6-7-12(13(8-9)18(20)21)17-11-5-3-2-4-10(11)15/h6-8,10-11,17H,2-5,15H2,1H3,(H,16,19)/t10-,11-/m1/s1. The molecule has 1 aromatic rings. The van der Waals surface area contributed by atoms with Gasteiger partial charge in [0.15, 0.2) is 0 Å². The number of nitrogens with zero attached hydrogens (tertiary/aromatic N) is 1. The molecule has 2 rings (SSSR count). The second-order valence-corrected chi connectivity index (χ2v) is 5.27. The molecule has 21 heavy (non-hydrogen) atoms. The topological polar surface area (TPSA) is 110 Å². The number of nitro benzene ring substituents is 1. The van der Waals surface area contributed by atoms with Crippen molar-refractivity contribution in [3.63, 3.8) is 0 Å². The van der Waals surface area contributed by atoms with Crippen molar-refractivity contribution in [3.05, 3.63) is 33.9 Å². The van der Waals surface area contributed by atoms with Crippen LogP contribution in [0.4, 0.5) is 11.4 Å². The maximum Gasteiger partial charge on any atom is 0.293 e. The molecular formula is C14H20N4O3. The Morgan fingerprint density at radius 2 is 2.10 bits per heavy atom. The number of carbonyl (C=O) groups excluding carboxylic acids is 1. The molecule has 0 saturated heterocycles. The normalized spacial score (nSPS) is 21.6. The lowest BCUT2D eigenvalue weighted by molar-refractivity contribution is -0.384. The summed E-state index contributed by atoms with van der Waals surface area (Å²) in [5.74, 6) is -0.348. The van der Waals surface area contributed by atoms with E-state index in [-0.39, 0.29) is 29.2 Å². The Morgan fingerprint density at radius 1 is 1.38 bits per heavy atom. The molecule has 7 heteroatoms. The van der Waals surface area contributed by atoms with E-state index in [1.165, 1.54) is 13.1 Å². The molecule has 0 unspecified atom stereocenters. The molecule has 0 aliphatic heterocycles. The molecule has 0 radical (unpaired) electrons. The van der Waals surface area contributed by atoms with Crippen molar-refractivity contribution in [1.29, 1.82) is 0 Å². The quantitative estimate of drug-likeness (QED) is 0.577. The van der Waals surface area contributed by atoms with Gasteiger partial charge in [-0.05, 0) is 25.0 Å². The molecule has 0 aromatic heterocycles. The van der Waals surface area contributed by atoms with Crippen molar-refractivity contribution in [2.75, 3.05) is 12.4 Å². The zero-order valence-electron chi connectivity index (χ0n) is 12.0. The summed E-state index contributed by atoms with van der Waals surface area (Å²) in [5, 5.41) is 16.8. The third-order valence-corrected chi connectivity index (χ3v) is 3.84. The van der Waals surface area contributed by atoms with Gasteiger partial charge in [0.1, 0.15) is 5.69 Å². The van der Waals surface area contributed by atoms with Crippen molar-refractivity contribution in [1.82, 2.24) is 5.32 Å². The summed E-state index contributed by atoms with van der Waals surface area (Å²) >= 11 is 0. The predicted octanol–water partition coefficient (Wildman–Crippen LogP) is 1.64. The van der Waals surface area contributed by atoms with Crippen LogP contribution in [0.25, 0.3) is 0 Å². The molecular weight excluding hydrogens is 272 g/mol. The highest BCUT2D eigenvalue weighted by molar-refractivity contribution is 5.95. The zero-order chi connectivity index (χ0) is 15.4. The fourth-order valence-corrected chi connectivity index (χ4v) is 2.63. The van der Waals surface area contributed by atoms with E-state index in [1.807, 2.05) is 0 Å². The number of amides is 1. The molecule has 0 heterocycles. The Labute approximate surface area is 123 Å². The minimum atomic E-state index is -0.483. The molecule has 0 bridgehead atoms. The Hall–Kier alpha value is -2.15. The molecule has 1 aliphatic carbocycles. The molecule has 114 valence electrons. The first kappa shape index (κ1) is 15.2. The summed E-state index contributed by atoms with van der Waals surface area (Å²) < 4.78 is 0. The summed E-state index contributed by atoms with van der Waals surface area (Å²) in [7, 11) is 1.49. The van der Waals surface area contributed by atoms with E-state index >= 15 is 0 Å². The van der Waals surface area contributed by atoms with Crippen LogP contribution < -0.4 is 16.4 Å². The van der Waals surface area contributed by atoms with Crippen LogP contribution in [-0.4, -0.2) is 30.0 Å². The predicted molar refractivity (Wildman–Crippen MR) is 80.3 cm³/mol. The van der Waals surface area contributed by atoms with Crippen LogP contribution in [0.2, 0.25) is 0 Å². The Morgan fingerprint density at radius 3 is 2.71 bits per heavy atom. The highest BCUT2D eigenvalue weighted by Crippen LogP contribution is 2.29. The van der Waals surface area contributed by atoms with Gasteiger partial charge < -0.3 is 16.4 Å². The lowest BCUT2D eigenvalue weighted by atomic mass is 9.91. The fourth-order valence-electron chi connectivity index (χ4n) is 2.63. The van der Waals surface area contributed by atoms with Gasteiger partial charge in [-0.2, -0.15) is 0 Å². The highest BCUT2D eigenvalue weighted by Gasteiger charge is 2.25. The minimum absolute atomic E-state index is 0.00280. The lowest BCUT2D eigenvalue weighted by Crippen LogP contribution is -2.42. The molecule has 1 aliphatic rings. The van der Waals surface area contributed by atoms with Crippen LogP contribution in [0.5, 0.6) is 0 Å². The maximum atomic E-state index is 11.6. The third-order valence-electron chi connectivity index (χ3n) is 3.84. The maximum absolute atomic E-state index is 11.6. The van der Waals surface area contributed by atoms with Gasteiger partial charge in [-0.15, -0.1) is 0 Å². The van der Waals surface area contributed by atoms with Gasteiger partial charge in [0, 0.05) is 30.8 Å². The number of nitrogens with one attached hydrogen (secondary N) is 2. The average molecular weight is 292 g/mol. The van der Waals surface area contributed by atoms with Gasteiger partial charge in [0.05, 0.1) is 4.92 Å². The van der Waals surface area contributed by atoms with E-state index in [0.29, 0.717) is 5.69 Å². The van der Waals surface area contributed by atoms with Crippen molar-refractivity contribution >= 4 is 17.3 Å². The molecule has 1 amide bonds. The number of hydrogen-bond donors (Lipinski definition) is 3. The summed E-state index contributed by atoms with van der Waals surface area (Å²) in [4.78, 5) is 22.3. The molecule has 4 N–H and O–H groups in total. The van der Waals surface area contributed by atoms with E-state index in [1.54, 1.807) is 12.1 Å². The van der Waals surface area contributed by atoms with Crippen LogP contribution in [0.1, 0.15) is 36.0 Å². The van der Waals surface area contributed by atoms with Crippen molar-refractivity contribution < 1.29 is 9.72 Å². The first-order chi connectivity index (χ1) is 10.0. The van der Waals surface area contributed by atoms with Gasteiger partial charge in [-0.25, -0.2) is 0 Å². The van der Waals surface area contributed by atoms with Gasteiger partial charge in [0.2, 0.25) is 0 Å². The highest BCUT2D eigenvalue weighted by atomic mass is 16.6.